The lowest BCUT2D eigenvalue weighted by Gasteiger charge is -2.24. The first-order valence-electron chi connectivity index (χ1n) is 12.1. The maximum absolute atomic E-state index is 16.3. The molecule has 2 aromatic heterocycles. The van der Waals surface area contributed by atoms with Gasteiger partial charge in [-0.25, -0.2) is 27.3 Å². The Kier molecular flexibility index (Phi) is 8.71. The topological polar surface area (TPSA) is 84.4 Å². The van der Waals surface area contributed by atoms with Crippen molar-refractivity contribution in [1.29, 1.82) is 0 Å². The van der Waals surface area contributed by atoms with E-state index >= 15 is 4.39 Å². The Morgan fingerprint density at radius 2 is 1.88 bits per heavy atom. The van der Waals surface area contributed by atoms with Crippen molar-refractivity contribution < 1.29 is 26.9 Å². The Morgan fingerprint density at radius 3 is 2.55 bits per heavy atom. The summed E-state index contributed by atoms with van der Waals surface area (Å²) in [6.07, 6.45) is 1.53. The lowest BCUT2D eigenvalue weighted by Crippen LogP contribution is -2.29. The quantitative estimate of drug-likeness (QED) is 0.232. The molecule has 2 aromatic carbocycles. The Morgan fingerprint density at radius 1 is 1.12 bits per heavy atom. The Balaban J connectivity index is 1.88. The fourth-order valence-corrected chi connectivity index (χ4v) is 6.13. The third-order valence-electron chi connectivity index (χ3n) is 5.63. The third-order valence-corrected chi connectivity index (χ3v) is 8.55. The van der Waals surface area contributed by atoms with Crippen molar-refractivity contribution in [3.05, 3.63) is 77.2 Å². The number of ether oxygens (including phenoxy) is 1. The lowest BCUT2D eigenvalue weighted by molar-refractivity contribution is -0.114. The SMILES string of the molecule is COCN(c1cccc(-c2nc(C(C)(C)C)sc2-c2ccnc(NC(C)=O)c2)c1F)S(=O)c1cc(F)ccc1F. The van der Waals surface area contributed by atoms with E-state index in [0.29, 0.717) is 22.0 Å². The van der Waals surface area contributed by atoms with Gasteiger partial charge < -0.3 is 10.1 Å². The van der Waals surface area contributed by atoms with Crippen LogP contribution in [-0.2, 0) is 25.9 Å². The fourth-order valence-electron chi connectivity index (χ4n) is 3.79. The molecular formula is C28H27F3N4O3S2. The van der Waals surface area contributed by atoms with Gasteiger partial charge in [-0.2, -0.15) is 0 Å². The summed E-state index contributed by atoms with van der Waals surface area (Å²) in [7, 11) is -1.02. The number of hydrogen-bond acceptors (Lipinski definition) is 6. The number of methoxy groups -OCH3 is 1. The van der Waals surface area contributed by atoms with E-state index < -0.39 is 33.3 Å². The Bertz CT molecular complexity index is 1590. The van der Waals surface area contributed by atoms with Crippen LogP contribution in [0.15, 0.2) is 59.6 Å². The highest BCUT2D eigenvalue weighted by Crippen LogP contribution is 2.43. The molecule has 12 heteroatoms. The van der Waals surface area contributed by atoms with Gasteiger partial charge in [0.25, 0.3) is 0 Å². The Labute approximate surface area is 236 Å². The van der Waals surface area contributed by atoms with E-state index in [2.05, 4.69) is 10.3 Å². The zero-order chi connectivity index (χ0) is 29.2. The van der Waals surface area contributed by atoms with Gasteiger partial charge in [-0.3, -0.25) is 9.10 Å². The molecule has 4 rings (SSSR count). The second-order valence-corrected chi connectivity index (χ2v) is 12.2. The molecule has 0 fully saturated rings. The number of halogens is 3. The molecule has 210 valence electrons. The first kappa shape index (κ1) is 29.4. The number of pyridine rings is 1. The molecule has 0 aliphatic heterocycles. The Hall–Kier alpha value is -3.61. The highest BCUT2D eigenvalue weighted by Gasteiger charge is 2.28. The van der Waals surface area contributed by atoms with Crippen molar-refractivity contribution in [3.63, 3.8) is 0 Å². The number of rotatable bonds is 8. The number of nitrogens with one attached hydrogen (secondary N) is 1. The maximum Gasteiger partial charge on any atom is 0.222 e. The van der Waals surface area contributed by atoms with Crippen LogP contribution in [0.2, 0.25) is 0 Å². The molecule has 2 heterocycles. The molecule has 1 unspecified atom stereocenters. The highest BCUT2D eigenvalue weighted by atomic mass is 32.2. The van der Waals surface area contributed by atoms with E-state index in [1.54, 1.807) is 18.2 Å². The zero-order valence-corrected chi connectivity index (χ0v) is 24.1. The second kappa shape index (κ2) is 11.9. The minimum Gasteiger partial charge on any atom is -0.363 e. The monoisotopic (exact) mass is 588 g/mol. The summed E-state index contributed by atoms with van der Waals surface area (Å²) in [4.78, 5) is 20.7. The first-order valence-corrected chi connectivity index (χ1v) is 14.0. The van der Waals surface area contributed by atoms with Crippen molar-refractivity contribution in [1.82, 2.24) is 9.97 Å². The minimum absolute atomic E-state index is 0.106. The van der Waals surface area contributed by atoms with Crippen molar-refractivity contribution in [3.8, 4) is 21.7 Å². The van der Waals surface area contributed by atoms with Gasteiger partial charge in [0, 0.05) is 31.2 Å². The summed E-state index contributed by atoms with van der Waals surface area (Å²) in [6, 6.07) is 10.5. The molecule has 1 atom stereocenters. The van der Waals surface area contributed by atoms with Crippen LogP contribution in [0.5, 0.6) is 0 Å². The van der Waals surface area contributed by atoms with E-state index in [9.17, 15) is 17.8 Å². The molecule has 1 amide bonds. The summed E-state index contributed by atoms with van der Waals surface area (Å²) in [6.45, 7) is 6.95. The van der Waals surface area contributed by atoms with Gasteiger partial charge in [-0.1, -0.05) is 26.8 Å². The van der Waals surface area contributed by atoms with E-state index in [4.69, 9.17) is 9.72 Å². The average Bonchev–Trinajstić information content (AvgIpc) is 3.35. The molecule has 0 bridgehead atoms. The van der Waals surface area contributed by atoms with Crippen LogP contribution in [0.1, 0.15) is 32.7 Å². The number of thiazole rings is 1. The van der Waals surface area contributed by atoms with Crippen LogP contribution in [-0.4, -0.2) is 33.9 Å². The van der Waals surface area contributed by atoms with Gasteiger partial charge in [0.05, 0.1) is 26.2 Å². The van der Waals surface area contributed by atoms with Gasteiger partial charge in [-0.05, 0) is 48.0 Å². The molecule has 40 heavy (non-hydrogen) atoms. The summed E-state index contributed by atoms with van der Waals surface area (Å²) < 4.78 is 64.2. The van der Waals surface area contributed by atoms with Crippen molar-refractivity contribution >= 4 is 39.7 Å². The number of amides is 1. The van der Waals surface area contributed by atoms with Gasteiger partial charge in [0.1, 0.15) is 24.2 Å². The molecule has 0 aliphatic rings. The normalized spacial score (nSPS) is 12.3. The average molecular weight is 589 g/mol. The number of aromatic nitrogens is 2. The van der Waals surface area contributed by atoms with Crippen molar-refractivity contribution in [2.45, 2.75) is 38.0 Å². The third kappa shape index (κ3) is 6.24. The lowest BCUT2D eigenvalue weighted by atomic mass is 9.98. The van der Waals surface area contributed by atoms with Crippen LogP contribution in [0.3, 0.4) is 0 Å². The van der Waals surface area contributed by atoms with Gasteiger partial charge >= 0.3 is 0 Å². The maximum atomic E-state index is 16.3. The number of anilines is 2. The molecule has 0 saturated carbocycles. The molecule has 0 spiro atoms. The van der Waals surface area contributed by atoms with Crippen LogP contribution < -0.4 is 9.62 Å². The fraction of sp³-hybridized carbons (Fsp3) is 0.250. The molecule has 1 N–H and O–H groups in total. The largest absolute Gasteiger partial charge is 0.363 e. The molecule has 4 aromatic rings. The van der Waals surface area contributed by atoms with Gasteiger partial charge in [0.2, 0.25) is 5.91 Å². The van der Waals surface area contributed by atoms with E-state index in [0.717, 1.165) is 27.5 Å². The zero-order valence-electron chi connectivity index (χ0n) is 22.4. The number of carbonyl (C=O) groups is 1. The predicted octanol–water partition coefficient (Wildman–Crippen LogP) is 6.68. The number of benzene rings is 2. The summed E-state index contributed by atoms with van der Waals surface area (Å²) in [5, 5.41) is 3.38. The van der Waals surface area contributed by atoms with Gasteiger partial charge in [0.15, 0.2) is 16.8 Å². The van der Waals surface area contributed by atoms with Crippen LogP contribution in [0.4, 0.5) is 24.7 Å². The minimum atomic E-state index is -2.34. The van der Waals surface area contributed by atoms with Crippen molar-refractivity contribution in [2.75, 3.05) is 23.5 Å². The van der Waals surface area contributed by atoms with Crippen molar-refractivity contribution in [2.24, 2.45) is 0 Å². The number of hydrogen-bond donors (Lipinski definition) is 1. The first-order chi connectivity index (χ1) is 18.9. The van der Waals surface area contributed by atoms with E-state index in [-0.39, 0.29) is 29.3 Å². The highest BCUT2D eigenvalue weighted by molar-refractivity contribution is 7.86. The summed E-state index contributed by atoms with van der Waals surface area (Å²) in [5.74, 6) is -2.41. The molecule has 0 saturated heterocycles. The standard InChI is InChI=1S/C28H27F3N4O3S2/c1-16(36)33-23-13-17(11-12-32-23)26-25(34-27(39-26)28(2,3)4)19-7-6-8-21(24(19)31)35(15-38-5)40(37)22-14-18(29)9-10-20(22)30/h6-14H,15H2,1-5H3,(H,32,33,36). The number of carbonyl (C=O) groups excluding carboxylic acids is 1. The summed E-state index contributed by atoms with van der Waals surface area (Å²) >= 11 is 1.37. The molecular weight excluding hydrogens is 561 g/mol. The second-order valence-electron chi connectivity index (χ2n) is 9.82. The predicted molar refractivity (Wildman–Crippen MR) is 151 cm³/mol. The molecule has 7 nitrogen and oxygen atoms in total. The van der Waals surface area contributed by atoms with Crippen LogP contribution in [0, 0.1) is 17.5 Å². The number of nitrogens with zero attached hydrogens (tertiary/aromatic N) is 3. The van der Waals surface area contributed by atoms with E-state index in [1.807, 2.05) is 20.8 Å². The molecule has 0 radical (unpaired) electrons. The van der Waals surface area contributed by atoms with Crippen LogP contribution in [0.25, 0.3) is 21.7 Å². The van der Waals surface area contributed by atoms with Crippen LogP contribution >= 0.6 is 11.3 Å². The van der Waals surface area contributed by atoms with Gasteiger partial charge in [-0.15, -0.1) is 11.3 Å². The smallest absolute Gasteiger partial charge is 0.222 e. The molecule has 0 aliphatic carbocycles. The summed E-state index contributed by atoms with van der Waals surface area (Å²) in [5.41, 5.74) is 0.582. The van der Waals surface area contributed by atoms with E-state index in [1.165, 1.54) is 43.7 Å².